The summed E-state index contributed by atoms with van der Waals surface area (Å²) in [5, 5.41) is 24.5. The van der Waals surface area contributed by atoms with Crippen molar-refractivity contribution < 1.29 is 15.2 Å². The summed E-state index contributed by atoms with van der Waals surface area (Å²) in [6.07, 6.45) is 1.23. The van der Waals surface area contributed by atoms with Crippen LogP contribution < -0.4 is 0 Å². The maximum atomic E-state index is 11.1. The van der Waals surface area contributed by atoms with E-state index in [1.165, 1.54) is 5.06 Å². The fourth-order valence-corrected chi connectivity index (χ4v) is 4.00. The van der Waals surface area contributed by atoms with Crippen LogP contribution in [0.3, 0.4) is 0 Å². The average molecular weight is 339 g/mol. The molecule has 0 unspecified atom stereocenters. The number of benzene rings is 1. The molecule has 23 heavy (non-hydrogen) atoms. The summed E-state index contributed by atoms with van der Waals surface area (Å²) < 4.78 is 0. The first-order chi connectivity index (χ1) is 10.9. The Morgan fingerprint density at radius 3 is 2.48 bits per heavy atom. The van der Waals surface area contributed by atoms with Gasteiger partial charge in [-0.3, -0.25) is 0 Å². The van der Waals surface area contributed by atoms with Gasteiger partial charge in [-0.1, -0.05) is 17.7 Å². The smallest absolute Gasteiger partial charge is 0.120 e. The number of aryl methyl sites for hydroxylation is 1. The Balaban J connectivity index is 2.10. The van der Waals surface area contributed by atoms with Gasteiger partial charge < -0.3 is 15.2 Å². The zero-order chi connectivity index (χ0) is 16.8. The summed E-state index contributed by atoms with van der Waals surface area (Å²) in [4.78, 5) is 5.57. The molecule has 0 amide bonds. The van der Waals surface area contributed by atoms with E-state index < -0.39 is 5.54 Å². The lowest BCUT2D eigenvalue weighted by Crippen LogP contribution is -2.52. The molecule has 2 heterocycles. The van der Waals surface area contributed by atoms with Crippen molar-refractivity contribution in [1.29, 1.82) is 0 Å². The van der Waals surface area contributed by atoms with E-state index >= 15 is 0 Å². The third-order valence-corrected chi connectivity index (χ3v) is 5.61. The topological polar surface area (TPSA) is 56.2 Å². The van der Waals surface area contributed by atoms with E-state index in [9.17, 15) is 10.3 Å². The fourth-order valence-electron chi connectivity index (χ4n) is 3.84. The van der Waals surface area contributed by atoms with Crippen LogP contribution in [0, 0.1) is 13.8 Å². The number of aliphatic hydroxyl groups is 1. The molecule has 2 aliphatic heterocycles. The molecule has 5 nitrogen and oxygen atoms in total. The minimum absolute atomic E-state index is 0.348. The van der Waals surface area contributed by atoms with Gasteiger partial charge in [0.1, 0.15) is 11.3 Å². The van der Waals surface area contributed by atoms with Gasteiger partial charge in [-0.25, -0.2) is 0 Å². The van der Waals surface area contributed by atoms with E-state index in [4.69, 9.17) is 16.4 Å². The first-order valence-corrected chi connectivity index (χ1v) is 8.23. The van der Waals surface area contributed by atoms with E-state index in [0.717, 1.165) is 22.3 Å². The van der Waals surface area contributed by atoms with E-state index in [0.29, 0.717) is 43.3 Å². The second-order valence-corrected chi connectivity index (χ2v) is 6.80. The molecule has 2 N–H and O–H groups in total. The van der Waals surface area contributed by atoms with Gasteiger partial charge in [0, 0.05) is 23.7 Å². The van der Waals surface area contributed by atoms with Gasteiger partial charge in [0.05, 0.1) is 13.7 Å². The zero-order valence-electron chi connectivity index (χ0n) is 13.8. The number of rotatable bonds is 2. The molecule has 0 bridgehead atoms. The van der Waals surface area contributed by atoms with Crippen LogP contribution in [0.15, 0.2) is 17.9 Å². The Kier molecular flexibility index (Phi) is 4.42. The number of halogens is 1. The molecule has 1 aromatic carbocycles. The lowest BCUT2D eigenvalue weighted by atomic mass is 9.85. The molecule has 0 saturated carbocycles. The van der Waals surface area contributed by atoms with Gasteiger partial charge in [-0.05, 0) is 49.4 Å². The van der Waals surface area contributed by atoms with E-state index in [1.54, 1.807) is 7.11 Å². The summed E-state index contributed by atoms with van der Waals surface area (Å²) in [7, 11) is 1.63. The van der Waals surface area contributed by atoms with Gasteiger partial charge in [0.2, 0.25) is 0 Å². The average Bonchev–Trinajstić information content (AvgIpc) is 2.80. The molecule has 0 atom stereocenters. The van der Waals surface area contributed by atoms with Crippen molar-refractivity contribution in [3.8, 4) is 0 Å². The summed E-state index contributed by atoms with van der Waals surface area (Å²) >= 11 is 6.29. The van der Waals surface area contributed by atoms with E-state index in [1.807, 2.05) is 31.0 Å². The Bertz CT molecular complexity index is 651. The van der Waals surface area contributed by atoms with Crippen LogP contribution >= 0.6 is 11.6 Å². The van der Waals surface area contributed by atoms with Gasteiger partial charge in [-0.2, -0.15) is 10.1 Å². The number of hydrogen-bond donors (Lipinski definition) is 2. The standard InChI is InChI=1S/C17H23ClN2O3/c1-11-4-5-14(18)12(2)15(11)13-10-20(23-3)17(16(13)21)6-8-19(22)9-7-17/h4-5,21-22H,6-10H2,1-3H3. The first-order valence-electron chi connectivity index (χ1n) is 7.85. The summed E-state index contributed by atoms with van der Waals surface area (Å²) in [5.41, 5.74) is 3.36. The molecule has 6 heteroatoms. The van der Waals surface area contributed by atoms with Crippen LogP contribution in [-0.4, -0.2) is 52.7 Å². The number of piperidine rings is 1. The van der Waals surface area contributed by atoms with E-state index in [-0.39, 0.29) is 0 Å². The monoisotopic (exact) mass is 338 g/mol. The minimum atomic E-state index is -0.565. The quantitative estimate of drug-likeness (QED) is 0.866. The second-order valence-electron chi connectivity index (χ2n) is 6.40. The minimum Gasteiger partial charge on any atom is -0.510 e. The Labute approximate surface area is 141 Å². The largest absolute Gasteiger partial charge is 0.510 e. The molecule has 1 aromatic rings. The molecule has 1 spiro atoms. The van der Waals surface area contributed by atoms with Crippen LogP contribution in [-0.2, 0) is 4.84 Å². The maximum absolute atomic E-state index is 11.1. The highest BCUT2D eigenvalue weighted by atomic mass is 35.5. The van der Waals surface area contributed by atoms with Crippen LogP contribution in [0.25, 0.3) is 5.57 Å². The highest BCUT2D eigenvalue weighted by Crippen LogP contribution is 2.45. The third kappa shape index (κ3) is 2.57. The van der Waals surface area contributed by atoms with Crippen molar-refractivity contribution in [2.75, 3.05) is 26.7 Å². The van der Waals surface area contributed by atoms with Gasteiger partial charge in [0.15, 0.2) is 0 Å². The van der Waals surface area contributed by atoms with Gasteiger partial charge >= 0.3 is 0 Å². The molecule has 2 aliphatic rings. The number of hydrogen-bond acceptors (Lipinski definition) is 5. The van der Waals surface area contributed by atoms with Crippen molar-refractivity contribution in [2.45, 2.75) is 32.2 Å². The van der Waals surface area contributed by atoms with Crippen molar-refractivity contribution in [2.24, 2.45) is 0 Å². The van der Waals surface area contributed by atoms with Crippen molar-refractivity contribution in [3.05, 3.63) is 39.6 Å². The summed E-state index contributed by atoms with van der Waals surface area (Å²) in [6.45, 7) is 5.52. The highest BCUT2D eigenvalue weighted by molar-refractivity contribution is 6.31. The van der Waals surface area contributed by atoms with Crippen LogP contribution in [0.4, 0.5) is 0 Å². The number of nitrogens with zero attached hydrogens (tertiary/aromatic N) is 2. The normalized spacial score (nSPS) is 22.3. The molecular formula is C17H23ClN2O3. The SMILES string of the molecule is CON1CC(c2c(C)ccc(Cl)c2C)=C(O)C12CCN(O)CC2. The first kappa shape index (κ1) is 16.7. The van der Waals surface area contributed by atoms with Gasteiger partial charge in [0.25, 0.3) is 0 Å². The molecule has 1 fully saturated rings. The van der Waals surface area contributed by atoms with Crippen molar-refractivity contribution in [3.63, 3.8) is 0 Å². The molecule has 3 rings (SSSR count). The molecule has 0 aliphatic carbocycles. The Hall–Kier alpha value is -1.11. The van der Waals surface area contributed by atoms with Gasteiger partial charge in [-0.15, -0.1) is 0 Å². The number of aliphatic hydroxyl groups excluding tert-OH is 1. The third-order valence-electron chi connectivity index (χ3n) is 5.20. The van der Waals surface area contributed by atoms with Crippen LogP contribution in [0.5, 0.6) is 0 Å². The molecule has 126 valence electrons. The number of hydroxylamine groups is 4. The lowest BCUT2D eigenvalue weighted by Gasteiger charge is -2.41. The molecule has 1 saturated heterocycles. The zero-order valence-corrected chi connectivity index (χ0v) is 14.5. The maximum Gasteiger partial charge on any atom is 0.120 e. The fraction of sp³-hybridized carbons (Fsp3) is 0.529. The second kappa shape index (κ2) is 6.07. The Morgan fingerprint density at radius 2 is 1.87 bits per heavy atom. The van der Waals surface area contributed by atoms with Crippen LogP contribution in [0.1, 0.15) is 29.5 Å². The predicted octanol–water partition coefficient (Wildman–Crippen LogP) is 3.33. The predicted molar refractivity (Wildman–Crippen MR) is 89.5 cm³/mol. The summed E-state index contributed by atoms with van der Waals surface area (Å²) in [6, 6.07) is 3.86. The molecular weight excluding hydrogens is 316 g/mol. The Morgan fingerprint density at radius 1 is 1.22 bits per heavy atom. The van der Waals surface area contributed by atoms with Crippen molar-refractivity contribution in [1.82, 2.24) is 10.1 Å². The highest BCUT2D eigenvalue weighted by Gasteiger charge is 2.50. The van der Waals surface area contributed by atoms with Crippen LogP contribution in [0.2, 0.25) is 5.02 Å². The lowest BCUT2D eigenvalue weighted by molar-refractivity contribution is -0.213. The summed E-state index contributed by atoms with van der Waals surface area (Å²) in [5.74, 6) is 0.348. The van der Waals surface area contributed by atoms with Crippen molar-refractivity contribution >= 4 is 17.2 Å². The van der Waals surface area contributed by atoms with E-state index in [2.05, 4.69) is 0 Å². The molecule has 0 aromatic heterocycles. The molecule has 0 radical (unpaired) electrons.